The third-order valence-corrected chi connectivity index (χ3v) is 1.21. The van der Waals surface area contributed by atoms with Gasteiger partial charge in [-0.2, -0.15) is 0 Å². The molecule has 0 unspecified atom stereocenters. The Morgan fingerprint density at radius 2 is 2.50 bits per heavy atom. The highest BCUT2D eigenvalue weighted by atomic mass is 127. The second kappa shape index (κ2) is 3.73. The summed E-state index contributed by atoms with van der Waals surface area (Å²) in [6.07, 6.45) is 1.80. The van der Waals surface area contributed by atoms with Crippen LogP contribution in [0.2, 0.25) is 0 Å². The molecule has 0 bridgehead atoms. The lowest BCUT2D eigenvalue weighted by atomic mass is 11.5. The van der Waals surface area contributed by atoms with Crippen molar-refractivity contribution < 1.29 is 4.79 Å². The van der Waals surface area contributed by atoms with E-state index in [0.717, 1.165) is 0 Å². The Labute approximate surface area is 54.3 Å². The minimum Gasteiger partial charge on any atom is -0.292 e. The monoisotopic (exact) mass is 217 g/mol. The number of halogens is 1. The van der Waals surface area contributed by atoms with Gasteiger partial charge >= 0.3 is 0 Å². The molecule has 0 aromatic heterocycles. The first-order chi connectivity index (χ1) is 2.77. The van der Waals surface area contributed by atoms with Crippen molar-refractivity contribution in [3.05, 3.63) is 0 Å². The summed E-state index contributed by atoms with van der Waals surface area (Å²) in [7, 11) is 0. The van der Waals surface area contributed by atoms with Crippen molar-refractivity contribution >= 4 is 38.5 Å². The van der Waals surface area contributed by atoms with E-state index in [1.807, 2.05) is 0 Å². The topological polar surface area (TPSA) is 29.1 Å². The first-order valence-electron chi connectivity index (χ1n) is 1.26. The van der Waals surface area contributed by atoms with Crippen molar-refractivity contribution in [1.82, 2.24) is 4.72 Å². The van der Waals surface area contributed by atoms with E-state index in [4.69, 9.17) is 0 Å². The first-order valence-corrected chi connectivity index (χ1v) is 3.56. The van der Waals surface area contributed by atoms with Crippen LogP contribution in [0.15, 0.2) is 0 Å². The number of nitrogens with one attached hydrogen (secondary N) is 1. The maximum absolute atomic E-state index is 9.90. The van der Waals surface area contributed by atoms with Gasteiger partial charge in [-0.15, -0.1) is 0 Å². The Hall–Kier alpha value is 0.550. The van der Waals surface area contributed by atoms with Gasteiger partial charge in [-0.3, -0.25) is 9.52 Å². The SMILES string of the molecule is CSNC(=O)I. The summed E-state index contributed by atoms with van der Waals surface area (Å²) >= 11 is 2.97. The van der Waals surface area contributed by atoms with Gasteiger partial charge in [0.15, 0.2) is 0 Å². The van der Waals surface area contributed by atoms with Crippen molar-refractivity contribution in [2.24, 2.45) is 0 Å². The average Bonchev–Trinajstić information content (AvgIpc) is 1.35. The van der Waals surface area contributed by atoms with E-state index in [9.17, 15) is 4.79 Å². The summed E-state index contributed by atoms with van der Waals surface area (Å²) in [6, 6.07) is 0. The highest BCUT2D eigenvalue weighted by Crippen LogP contribution is 1.88. The predicted octanol–water partition coefficient (Wildman–Crippen LogP) is 1.41. The van der Waals surface area contributed by atoms with Crippen molar-refractivity contribution in [2.45, 2.75) is 0 Å². The van der Waals surface area contributed by atoms with Crippen LogP contribution in [0.25, 0.3) is 0 Å². The first kappa shape index (κ1) is 6.55. The molecule has 0 atom stereocenters. The van der Waals surface area contributed by atoms with Crippen LogP contribution in [-0.4, -0.2) is 10.2 Å². The Bertz CT molecular complexity index is 57.5. The highest BCUT2D eigenvalue weighted by molar-refractivity contribution is 14.1. The number of hydrogen-bond acceptors (Lipinski definition) is 2. The second-order valence-electron chi connectivity index (χ2n) is 0.580. The van der Waals surface area contributed by atoms with Crippen LogP contribution in [-0.2, 0) is 0 Å². The lowest BCUT2D eigenvalue weighted by molar-refractivity contribution is 0.267. The van der Waals surface area contributed by atoms with E-state index in [-0.39, 0.29) is 3.91 Å². The van der Waals surface area contributed by atoms with Gasteiger partial charge in [0.25, 0.3) is 3.91 Å². The number of carbonyl (C=O) groups excluding carboxylic acids is 1. The van der Waals surface area contributed by atoms with Gasteiger partial charge < -0.3 is 0 Å². The molecule has 1 N–H and O–H groups in total. The molecule has 0 saturated carbocycles. The van der Waals surface area contributed by atoms with E-state index in [2.05, 4.69) is 4.72 Å². The van der Waals surface area contributed by atoms with E-state index < -0.39 is 0 Å². The molecule has 0 spiro atoms. The fourth-order valence-electron chi connectivity index (χ4n) is 0.0802. The van der Waals surface area contributed by atoms with Crippen LogP contribution in [0.3, 0.4) is 0 Å². The summed E-state index contributed by atoms with van der Waals surface area (Å²) in [5.41, 5.74) is 0. The number of carbonyl (C=O) groups is 1. The molecule has 0 radical (unpaired) electrons. The molecule has 0 fully saturated rings. The van der Waals surface area contributed by atoms with Crippen LogP contribution in [0.4, 0.5) is 4.79 Å². The molecule has 0 aliphatic rings. The summed E-state index contributed by atoms with van der Waals surface area (Å²) in [6.45, 7) is 0. The van der Waals surface area contributed by atoms with Crippen LogP contribution in [0.1, 0.15) is 0 Å². The van der Waals surface area contributed by atoms with Crippen LogP contribution >= 0.6 is 34.5 Å². The minimum absolute atomic E-state index is 0.0277. The predicted molar refractivity (Wildman–Crippen MR) is 36.1 cm³/mol. The number of rotatable bonds is 1. The fourth-order valence-corrected chi connectivity index (χ4v) is 0.901. The molecule has 1 amide bonds. The number of hydrogen-bond donors (Lipinski definition) is 1. The molecule has 6 heavy (non-hydrogen) atoms. The summed E-state index contributed by atoms with van der Waals surface area (Å²) in [4.78, 5) is 9.90. The van der Waals surface area contributed by atoms with E-state index in [1.54, 1.807) is 28.8 Å². The quantitative estimate of drug-likeness (QED) is 0.311. The standard InChI is InChI=1S/C2H4INOS/c1-6-4-2(3)5/h1H3,(H,4,5). The Morgan fingerprint density at radius 3 is 2.50 bits per heavy atom. The normalized spacial score (nSPS) is 7.67. The minimum atomic E-state index is -0.0277. The van der Waals surface area contributed by atoms with E-state index in [1.165, 1.54) is 11.9 Å². The Balaban J connectivity index is 2.83. The summed E-state index contributed by atoms with van der Waals surface area (Å²) < 4.78 is 2.45. The van der Waals surface area contributed by atoms with E-state index in [0.29, 0.717) is 0 Å². The summed E-state index contributed by atoms with van der Waals surface area (Å²) in [5, 5.41) is 0. The molecule has 0 saturated heterocycles. The Kier molecular flexibility index (Phi) is 4.07. The second-order valence-corrected chi connectivity index (χ2v) is 2.17. The molecule has 0 aliphatic heterocycles. The van der Waals surface area contributed by atoms with E-state index >= 15 is 0 Å². The summed E-state index contributed by atoms with van der Waals surface area (Å²) in [5.74, 6) is 0. The van der Waals surface area contributed by atoms with Crippen molar-refractivity contribution in [1.29, 1.82) is 0 Å². The lowest BCUT2D eigenvalue weighted by Gasteiger charge is -1.85. The maximum Gasteiger partial charge on any atom is 0.290 e. The van der Waals surface area contributed by atoms with Crippen molar-refractivity contribution in [3.8, 4) is 0 Å². The zero-order valence-electron chi connectivity index (χ0n) is 3.19. The highest BCUT2D eigenvalue weighted by Gasteiger charge is 1.82. The molecule has 0 aromatic carbocycles. The van der Waals surface area contributed by atoms with Crippen molar-refractivity contribution in [2.75, 3.05) is 6.26 Å². The van der Waals surface area contributed by atoms with Crippen LogP contribution in [0.5, 0.6) is 0 Å². The molecular weight excluding hydrogens is 213 g/mol. The van der Waals surface area contributed by atoms with Gasteiger partial charge in [-0.05, 0) is 0 Å². The van der Waals surface area contributed by atoms with Gasteiger partial charge in [0.1, 0.15) is 0 Å². The largest absolute Gasteiger partial charge is 0.292 e. The van der Waals surface area contributed by atoms with Gasteiger partial charge in [-0.25, -0.2) is 0 Å². The number of amides is 1. The molecule has 0 heterocycles. The molecule has 36 valence electrons. The van der Waals surface area contributed by atoms with Crippen LogP contribution in [0, 0.1) is 0 Å². The molecule has 4 heteroatoms. The zero-order valence-corrected chi connectivity index (χ0v) is 6.17. The van der Waals surface area contributed by atoms with Crippen LogP contribution < -0.4 is 4.72 Å². The zero-order chi connectivity index (χ0) is 4.99. The Morgan fingerprint density at radius 1 is 2.00 bits per heavy atom. The molecule has 0 aliphatic carbocycles. The van der Waals surface area contributed by atoms with Gasteiger partial charge in [0.2, 0.25) is 0 Å². The third kappa shape index (κ3) is 4.55. The maximum atomic E-state index is 9.90. The third-order valence-electron chi connectivity index (χ3n) is 0.182. The van der Waals surface area contributed by atoms with Gasteiger partial charge in [0.05, 0.1) is 0 Å². The molecular formula is C2H4INOS. The lowest BCUT2D eigenvalue weighted by Crippen LogP contribution is -2.02. The average molecular weight is 217 g/mol. The smallest absolute Gasteiger partial charge is 0.290 e. The van der Waals surface area contributed by atoms with Gasteiger partial charge in [0, 0.05) is 28.8 Å². The van der Waals surface area contributed by atoms with Crippen molar-refractivity contribution in [3.63, 3.8) is 0 Å². The fraction of sp³-hybridized carbons (Fsp3) is 0.500. The molecule has 0 aromatic rings. The molecule has 0 rings (SSSR count). The van der Waals surface area contributed by atoms with Gasteiger partial charge in [-0.1, -0.05) is 11.9 Å². The molecule has 2 nitrogen and oxygen atoms in total.